The second-order valence-corrected chi connectivity index (χ2v) is 4.69. The molecule has 0 unspecified atom stereocenters. The van der Waals surface area contributed by atoms with Crippen LogP contribution in [0, 0.1) is 5.82 Å². The summed E-state index contributed by atoms with van der Waals surface area (Å²) in [5.41, 5.74) is 4.19. The lowest BCUT2D eigenvalue weighted by Crippen LogP contribution is -2.54. The van der Waals surface area contributed by atoms with Gasteiger partial charge in [0.15, 0.2) is 0 Å². The number of carboxylic acid groups (broad SMARTS) is 1. The second kappa shape index (κ2) is 5.56. The minimum absolute atomic E-state index is 0.0983. The zero-order valence-electron chi connectivity index (χ0n) is 10.7. The van der Waals surface area contributed by atoms with Crippen molar-refractivity contribution in [1.29, 1.82) is 0 Å². The number of aromatic carboxylic acids is 1. The molecular weight excluding hydrogens is 267 g/mol. The topological polar surface area (TPSA) is 102 Å². The van der Waals surface area contributed by atoms with Crippen LogP contribution in [0.4, 0.5) is 10.1 Å². The molecule has 0 saturated carbocycles. The van der Waals surface area contributed by atoms with E-state index in [1.165, 1.54) is 12.1 Å². The number of hydrogen-bond acceptors (Lipinski definition) is 4. The Hall–Kier alpha value is -1.99. The first kappa shape index (κ1) is 14.4. The monoisotopic (exact) mass is 282 g/mol. The minimum atomic E-state index is -1.45. The van der Waals surface area contributed by atoms with Gasteiger partial charge in [-0.15, -0.1) is 0 Å². The van der Waals surface area contributed by atoms with E-state index in [-0.39, 0.29) is 5.69 Å². The third kappa shape index (κ3) is 2.78. The van der Waals surface area contributed by atoms with Gasteiger partial charge in [0.25, 0.3) is 0 Å². The van der Waals surface area contributed by atoms with Crippen molar-refractivity contribution in [3.63, 3.8) is 0 Å². The quantitative estimate of drug-likeness (QED) is 0.766. The highest BCUT2D eigenvalue weighted by Crippen LogP contribution is 2.23. The zero-order chi connectivity index (χ0) is 14.8. The molecule has 20 heavy (non-hydrogen) atoms. The number of carbonyl (C=O) groups excluding carboxylic acids is 1. The number of amides is 1. The first-order valence-corrected chi connectivity index (χ1v) is 6.14. The Balaban J connectivity index is 2.24. The van der Waals surface area contributed by atoms with Gasteiger partial charge in [-0.25, -0.2) is 9.18 Å². The van der Waals surface area contributed by atoms with Crippen LogP contribution in [0.3, 0.4) is 0 Å². The summed E-state index contributed by atoms with van der Waals surface area (Å²) >= 11 is 0. The van der Waals surface area contributed by atoms with Crippen LogP contribution in [0.5, 0.6) is 0 Å². The molecule has 0 radical (unpaired) electrons. The molecule has 6 nitrogen and oxygen atoms in total. The van der Waals surface area contributed by atoms with Crippen LogP contribution in [0.25, 0.3) is 0 Å². The molecule has 0 aliphatic carbocycles. The van der Waals surface area contributed by atoms with Crippen LogP contribution in [0.2, 0.25) is 0 Å². The van der Waals surface area contributed by atoms with Gasteiger partial charge >= 0.3 is 5.97 Å². The van der Waals surface area contributed by atoms with E-state index in [0.717, 1.165) is 6.07 Å². The molecule has 1 aromatic carbocycles. The number of rotatable bonds is 3. The molecule has 1 aliphatic heterocycles. The van der Waals surface area contributed by atoms with Crippen molar-refractivity contribution in [2.24, 2.45) is 5.73 Å². The van der Waals surface area contributed by atoms with Crippen LogP contribution in [-0.2, 0) is 9.53 Å². The molecule has 7 heteroatoms. The van der Waals surface area contributed by atoms with Crippen LogP contribution in [0.15, 0.2) is 18.2 Å². The first-order valence-electron chi connectivity index (χ1n) is 6.14. The molecule has 4 N–H and O–H groups in total. The summed E-state index contributed by atoms with van der Waals surface area (Å²) in [6.07, 6.45) is 0.660. The number of carboxylic acids is 1. The van der Waals surface area contributed by atoms with Crippen molar-refractivity contribution < 1.29 is 23.8 Å². The molecule has 1 saturated heterocycles. The van der Waals surface area contributed by atoms with Gasteiger partial charge in [0.1, 0.15) is 16.9 Å². The fourth-order valence-corrected chi connectivity index (χ4v) is 2.06. The minimum Gasteiger partial charge on any atom is -0.478 e. The number of halogens is 1. The van der Waals surface area contributed by atoms with Crippen molar-refractivity contribution >= 4 is 17.6 Å². The number of nitrogens with two attached hydrogens (primary N) is 1. The highest BCUT2D eigenvalue weighted by molar-refractivity contribution is 6.03. The van der Waals surface area contributed by atoms with E-state index >= 15 is 0 Å². The number of benzene rings is 1. The van der Waals surface area contributed by atoms with E-state index in [2.05, 4.69) is 5.32 Å². The van der Waals surface area contributed by atoms with Crippen LogP contribution in [0.1, 0.15) is 23.2 Å². The summed E-state index contributed by atoms with van der Waals surface area (Å²) in [6, 6.07) is 3.67. The van der Waals surface area contributed by atoms with Crippen molar-refractivity contribution in [3.05, 3.63) is 29.6 Å². The largest absolute Gasteiger partial charge is 0.478 e. The average Bonchev–Trinajstić information content (AvgIpc) is 2.39. The Morgan fingerprint density at radius 1 is 1.35 bits per heavy atom. The molecule has 0 bridgehead atoms. The summed E-state index contributed by atoms with van der Waals surface area (Å²) in [7, 11) is 0. The van der Waals surface area contributed by atoms with Gasteiger partial charge in [-0.3, -0.25) is 4.79 Å². The number of hydrogen-bond donors (Lipinski definition) is 3. The lowest BCUT2D eigenvalue weighted by molar-refractivity contribution is -0.124. The van der Waals surface area contributed by atoms with Gasteiger partial charge in [-0.2, -0.15) is 0 Å². The lowest BCUT2D eigenvalue weighted by Gasteiger charge is -2.31. The molecule has 0 atom stereocenters. The molecular formula is C13H15FN2O4. The summed E-state index contributed by atoms with van der Waals surface area (Å²) in [6.45, 7) is 0.720. The maximum atomic E-state index is 13.5. The summed E-state index contributed by atoms with van der Waals surface area (Å²) < 4.78 is 18.6. The van der Waals surface area contributed by atoms with Gasteiger partial charge < -0.3 is 20.9 Å². The Morgan fingerprint density at radius 3 is 2.60 bits per heavy atom. The van der Waals surface area contributed by atoms with Crippen molar-refractivity contribution in [2.75, 3.05) is 18.5 Å². The van der Waals surface area contributed by atoms with Gasteiger partial charge in [0.05, 0.1) is 5.69 Å². The smallest absolute Gasteiger partial charge is 0.340 e. The zero-order valence-corrected chi connectivity index (χ0v) is 10.7. The third-order valence-corrected chi connectivity index (χ3v) is 3.31. The van der Waals surface area contributed by atoms with Gasteiger partial charge in [0, 0.05) is 13.2 Å². The molecule has 1 fully saturated rings. The second-order valence-electron chi connectivity index (χ2n) is 4.69. The predicted molar refractivity (Wildman–Crippen MR) is 69.0 cm³/mol. The van der Waals surface area contributed by atoms with Gasteiger partial charge in [-0.1, -0.05) is 6.07 Å². The molecule has 1 amide bonds. The highest BCUT2D eigenvalue weighted by atomic mass is 19.1. The van der Waals surface area contributed by atoms with Crippen LogP contribution < -0.4 is 11.1 Å². The predicted octanol–water partition coefficient (Wildman–Crippen LogP) is 0.970. The Kier molecular flexibility index (Phi) is 4.01. The van der Waals surface area contributed by atoms with E-state index in [1.807, 2.05) is 0 Å². The Labute approximate surface area is 114 Å². The van der Waals surface area contributed by atoms with E-state index in [0.29, 0.717) is 26.1 Å². The normalized spacial score (nSPS) is 17.5. The fourth-order valence-electron chi connectivity index (χ4n) is 2.06. The molecule has 1 aliphatic rings. The molecule has 0 aromatic heterocycles. The van der Waals surface area contributed by atoms with E-state index < -0.39 is 28.8 Å². The number of nitrogens with one attached hydrogen (secondary N) is 1. The summed E-state index contributed by atoms with van der Waals surface area (Å²) in [4.78, 5) is 23.2. The molecule has 2 rings (SSSR count). The van der Waals surface area contributed by atoms with Crippen LogP contribution in [-0.4, -0.2) is 35.7 Å². The van der Waals surface area contributed by atoms with Gasteiger partial charge in [-0.05, 0) is 25.0 Å². The maximum Gasteiger partial charge on any atom is 0.340 e. The number of anilines is 1. The van der Waals surface area contributed by atoms with Gasteiger partial charge in [0.2, 0.25) is 5.91 Å². The SMILES string of the molecule is NC1(C(=O)Nc2cccc(F)c2C(=O)O)CCOCC1. The van der Waals surface area contributed by atoms with Crippen molar-refractivity contribution in [2.45, 2.75) is 18.4 Å². The van der Waals surface area contributed by atoms with Crippen molar-refractivity contribution in [1.82, 2.24) is 0 Å². The lowest BCUT2D eigenvalue weighted by atomic mass is 9.90. The van der Waals surface area contributed by atoms with Crippen LogP contribution >= 0.6 is 0 Å². The number of ether oxygens (including phenoxy) is 1. The Morgan fingerprint density at radius 2 is 2.00 bits per heavy atom. The van der Waals surface area contributed by atoms with E-state index in [4.69, 9.17) is 15.6 Å². The first-order chi connectivity index (χ1) is 9.44. The average molecular weight is 282 g/mol. The molecule has 1 aromatic rings. The Bertz CT molecular complexity index is 541. The fraction of sp³-hybridized carbons (Fsp3) is 0.385. The summed E-state index contributed by atoms with van der Waals surface area (Å²) in [5, 5.41) is 11.4. The molecule has 108 valence electrons. The standard InChI is InChI=1S/C13H15FN2O4/c14-8-2-1-3-9(10(8)11(17)18)16-12(19)13(15)4-6-20-7-5-13/h1-3H,4-7,15H2,(H,16,19)(H,17,18). The third-order valence-electron chi connectivity index (χ3n) is 3.31. The van der Waals surface area contributed by atoms with E-state index in [9.17, 15) is 14.0 Å². The van der Waals surface area contributed by atoms with E-state index in [1.54, 1.807) is 0 Å². The highest BCUT2D eigenvalue weighted by Gasteiger charge is 2.36. The van der Waals surface area contributed by atoms with Crippen molar-refractivity contribution in [3.8, 4) is 0 Å². The molecule has 1 heterocycles. The maximum absolute atomic E-state index is 13.5. The summed E-state index contributed by atoms with van der Waals surface area (Å²) in [5.74, 6) is -2.89. The number of carbonyl (C=O) groups is 2. The molecule has 0 spiro atoms.